The molecule has 1 aliphatic rings. The SMILES string of the molecule is O=C1COc2ccc(Nc3nc(-c4ccccc4)c4ccccc4n3)cc2N1. The molecule has 2 heterocycles. The summed E-state index contributed by atoms with van der Waals surface area (Å²) < 4.78 is 5.40. The highest BCUT2D eigenvalue weighted by atomic mass is 16.5. The van der Waals surface area contributed by atoms with E-state index in [1.165, 1.54) is 0 Å². The molecule has 28 heavy (non-hydrogen) atoms. The molecule has 4 aromatic rings. The molecule has 3 aromatic carbocycles. The topological polar surface area (TPSA) is 76.1 Å². The minimum atomic E-state index is -0.169. The second kappa shape index (κ2) is 6.66. The number of aromatic nitrogens is 2. The highest BCUT2D eigenvalue weighted by Crippen LogP contribution is 2.32. The normalized spacial score (nSPS) is 12.8. The van der Waals surface area contributed by atoms with Gasteiger partial charge in [0.25, 0.3) is 5.91 Å². The molecule has 1 aromatic heterocycles. The maximum absolute atomic E-state index is 11.6. The number of rotatable bonds is 3. The van der Waals surface area contributed by atoms with Crippen LogP contribution >= 0.6 is 0 Å². The van der Waals surface area contributed by atoms with Crippen LogP contribution in [-0.4, -0.2) is 22.5 Å². The number of ether oxygens (including phenoxy) is 1. The van der Waals surface area contributed by atoms with Gasteiger partial charge in [-0.1, -0.05) is 48.5 Å². The smallest absolute Gasteiger partial charge is 0.262 e. The molecule has 0 spiro atoms. The molecule has 0 bridgehead atoms. The van der Waals surface area contributed by atoms with Gasteiger partial charge in [-0.25, -0.2) is 9.97 Å². The summed E-state index contributed by atoms with van der Waals surface area (Å²) >= 11 is 0. The van der Waals surface area contributed by atoms with Crippen molar-refractivity contribution in [3.63, 3.8) is 0 Å². The van der Waals surface area contributed by atoms with Crippen molar-refractivity contribution in [1.82, 2.24) is 9.97 Å². The lowest BCUT2D eigenvalue weighted by Crippen LogP contribution is -2.25. The Morgan fingerprint density at radius 1 is 0.929 bits per heavy atom. The van der Waals surface area contributed by atoms with E-state index in [2.05, 4.69) is 15.6 Å². The lowest BCUT2D eigenvalue weighted by Gasteiger charge is -2.18. The largest absolute Gasteiger partial charge is 0.482 e. The van der Waals surface area contributed by atoms with Crippen LogP contribution < -0.4 is 15.4 Å². The van der Waals surface area contributed by atoms with E-state index in [0.717, 1.165) is 27.8 Å². The maximum Gasteiger partial charge on any atom is 0.262 e. The third-order valence-corrected chi connectivity index (χ3v) is 4.52. The van der Waals surface area contributed by atoms with Crippen LogP contribution in [0.25, 0.3) is 22.2 Å². The third kappa shape index (κ3) is 3.01. The number of carbonyl (C=O) groups is 1. The molecular formula is C22H16N4O2. The van der Waals surface area contributed by atoms with Crippen LogP contribution in [0.3, 0.4) is 0 Å². The number of amides is 1. The molecule has 1 aliphatic heterocycles. The van der Waals surface area contributed by atoms with Gasteiger partial charge in [-0.2, -0.15) is 0 Å². The molecule has 136 valence electrons. The highest BCUT2D eigenvalue weighted by molar-refractivity contribution is 5.96. The number of carbonyl (C=O) groups excluding carboxylic acids is 1. The summed E-state index contributed by atoms with van der Waals surface area (Å²) in [5, 5.41) is 7.04. The van der Waals surface area contributed by atoms with Crippen molar-refractivity contribution in [2.45, 2.75) is 0 Å². The predicted molar refractivity (Wildman–Crippen MR) is 109 cm³/mol. The summed E-state index contributed by atoms with van der Waals surface area (Å²) in [4.78, 5) is 21.0. The Bertz CT molecular complexity index is 1190. The van der Waals surface area contributed by atoms with Crippen molar-refractivity contribution in [2.75, 3.05) is 17.2 Å². The number of fused-ring (bicyclic) bond motifs is 2. The molecule has 0 radical (unpaired) electrons. The summed E-state index contributed by atoms with van der Waals surface area (Å²) in [6.45, 7) is 0.0357. The molecule has 0 aliphatic carbocycles. The van der Waals surface area contributed by atoms with E-state index < -0.39 is 0 Å². The van der Waals surface area contributed by atoms with Gasteiger partial charge in [-0.15, -0.1) is 0 Å². The van der Waals surface area contributed by atoms with Gasteiger partial charge in [0.05, 0.1) is 16.9 Å². The Labute approximate surface area is 161 Å². The molecule has 6 heteroatoms. The van der Waals surface area contributed by atoms with Crippen LogP contribution in [0.4, 0.5) is 17.3 Å². The van der Waals surface area contributed by atoms with Crippen LogP contribution in [0.1, 0.15) is 0 Å². The zero-order chi connectivity index (χ0) is 18.9. The summed E-state index contributed by atoms with van der Waals surface area (Å²) in [5.74, 6) is 0.966. The summed E-state index contributed by atoms with van der Waals surface area (Å²) in [6, 6.07) is 23.5. The summed E-state index contributed by atoms with van der Waals surface area (Å²) in [5.41, 5.74) is 4.14. The average Bonchev–Trinajstić information content (AvgIpc) is 2.73. The number of hydrogen-bond acceptors (Lipinski definition) is 5. The van der Waals surface area contributed by atoms with E-state index in [1.54, 1.807) is 0 Å². The van der Waals surface area contributed by atoms with E-state index >= 15 is 0 Å². The molecule has 5 rings (SSSR count). The van der Waals surface area contributed by atoms with E-state index in [1.807, 2.05) is 72.8 Å². The first-order chi connectivity index (χ1) is 13.8. The minimum absolute atomic E-state index is 0.0357. The van der Waals surface area contributed by atoms with E-state index in [-0.39, 0.29) is 12.5 Å². The highest BCUT2D eigenvalue weighted by Gasteiger charge is 2.16. The maximum atomic E-state index is 11.6. The van der Waals surface area contributed by atoms with Crippen LogP contribution in [0.15, 0.2) is 72.8 Å². The van der Waals surface area contributed by atoms with E-state index in [4.69, 9.17) is 9.72 Å². The zero-order valence-corrected chi connectivity index (χ0v) is 14.8. The first-order valence-corrected chi connectivity index (χ1v) is 8.92. The van der Waals surface area contributed by atoms with Crippen LogP contribution in [0.2, 0.25) is 0 Å². The number of anilines is 3. The van der Waals surface area contributed by atoms with Gasteiger partial charge < -0.3 is 15.4 Å². The fraction of sp³-hybridized carbons (Fsp3) is 0.0455. The van der Waals surface area contributed by atoms with Gasteiger partial charge in [-0.3, -0.25) is 4.79 Å². The van der Waals surface area contributed by atoms with Crippen LogP contribution in [0, 0.1) is 0 Å². The number of nitrogens with zero attached hydrogens (tertiary/aromatic N) is 2. The van der Waals surface area contributed by atoms with Gasteiger partial charge in [0.2, 0.25) is 5.95 Å². The lowest BCUT2D eigenvalue weighted by atomic mass is 10.1. The molecule has 0 atom stereocenters. The van der Waals surface area contributed by atoms with Crippen LogP contribution in [0.5, 0.6) is 5.75 Å². The fourth-order valence-electron chi connectivity index (χ4n) is 3.24. The first-order valence-electron chi connectivity index (χ1n) is 8.92. The predicted octanol–water partition coefficient (Wildman–Crippen LogP) is 4.37. The average molecular weight is 368 g/mol. The molecule has 0 saturated carbocycles. The number of nitrogens with one attached hydrogen (secondary N) is 2. The van der Waals surface area contributed by atoms with Gasteiger partial charge in [0.1, 0.15) is 5.75 Å². The monoisotopic (exact) mass is 368 g/mol. The van der Waals surface area contributed by atoms with Crippen LogP contribution in [-0.2, 0) is 4.79 Å². The fourth-order valence-corrected chi connectivity index (χ4v) is 3.24. The molecule has 0 unspecified atom stereocenters. The van der Waals surface area contributed by atoms with E-state index in [0.29, 0.717) is 17.4 Å². The standard InChI is InChI=1S/C22H16N4O2/c27-20-13-28-19-11-10-15(12-18(19)24-20)23-22-25-17-9-5-4-8-16(17)21(26-22)14-6-2-1-3-7-14/h1-12H,13H2,(H,24,27)(H,23,25,26). The quantitative estimate of drug-likeness (QED) is 0.561. The zero-order valence-electron chi connectivity index (χ0n) is 14.8. The number of benzene rings is 3. The first kappa shape index (κ1) is 16.3. The Kier molecular flexibility index (Phi) is 3.87. The van der Waals surface area contributed by atoms with Crippen molar-refractivity contribution in [3.05, 3.63) is 72.8 Å². The Balaban J connectivity index is 1.57. The molecule has 2 N–H and O–H groups in total. The summed E-state index contributed by atoms with van der Waals surface area (Å²) in [6.07, 6.45) is 0. The molecule has 0 saturated heterocycles. The number of hydrogen-bond donors (Lipinski definition) is 2. The van der Waals surface area contributed by atoms with Crippen molar-refractivity contribution in [3.8, 4) is 17.0 Å². The van der Waals surface area contributed by atoms with Gasteiger partial charge >= 0.3 is 0 Å². The molecule has 6 nitrogen and oxygen atoms in total. The second-order valence-electron chi connectivity index (χ2n) is 6.45. The third-order valence-electron chi connectivity index (χ3n) is 4.52. The van der Waals surface area contributed by atoms with Gasteiger partial charge in [-0.05, 0) is 24.3 Å². The molecule has 0 fully saturated rings. The summed E-state index contributed by atoms with van der Waals surface area (Å²) in [7, 11) is 0. The molecule has 1 amide bonds. The minimum Gasteiger partial charge on any atom is -0.482 e. The second-order valence-corrected chi connectivity index (χ2v) is 6.45. The Morgan fingerprint density at radius 3 is 2.64 bits per heavy atom. The van der Waals surface area contributed by atoms with Crippen molar-refractivity contribution < 1.29 is 9.53 Å². The van der Waals surface area contributed by atoms with Crippen molar-refractivity contribution in [1.29, 1.82) is 0 Å². The van der Waals surface area contributed by atoms with Crippen molar-refractivity contribution >= 4 is 34.1 Å². The lowest BCUT2D eigenvalue weighted by molar-refractivity contribution is -0.118. The number of para-hydroxylation sites is 1. The Morgan fingerprint density at radius 2 is 1.75 bits per heavy atom. The van der Waals surface area contributed by atoms with Crippen molar-refractivity contribution in [2.24, 2.45) is 0 Å². The van der Waals surface area contributed by atoms with Gasteiger partial charge in [0, 0.05) is 16.6 Å². The van der Waals surface area contributed by atoms with E-state index in [9.17, 15) is 4.79 Å². The Hall–Kier alpha value is -3.93. The van der Waals surface area contributed by atoms with Gasteiger partial charge in [0.15, 0.2) is 6.61 Å². The molecular weight excluding hydrogens is 352 g/mol.